The van der Waals surface area contributed by atoms with Crippen LogP contribution >= 0.6 is 0 Å². The number of rotatable bonds is 2. The molecule has 3 nitrogen and oxygen atoms in total. The van der Waals surface area contributed by atoms with Gasteiger partial charge in [-0.3, -0.25) is 4.79 Å². The largest absolute Gasteiger partial charge is 0.333 e. The Morgan fingerprint density at radius 1 is 1.25 bits per heavy atom. The van der Waals surface area contributed by atoms with Crippen LogP contribution in [0.3, 0.4) is 0 Å². The van der Waals surface area contributed by atoms with Gasteiger partial charge < -0.3 is 10.6 Å². The highest BCUT2D eigenvalue weighted by atomic mass is 16.2. The zero-order chi connectivity index (χ0) is 11.4. The van der Waals surface area contributed by atoms with E-state index in [0.29, 0.717) is 19.5 Å². The summed E-state index contributed by atoms with van der Waals surface area (Å²) in [4.78, 5) is 13.7. The van der Waals surface area contributed by atoms with E-state index in [4.69, 9.17) is 5.73 Å². The Balaban J connectivity index is 2.08. The topological polar surface area (TPSA) is 46.3 Å². The van der Waals surface area contributed by atoms with Gasteiger partial charge in [0, 0.05) is 13.1 Å². The van der Waals surface area contributed by atoms with Gasteiger partial charge in [0.15, 0.2) is 0 Å². The number of carbonyl (C=O) groups is 1. The molecule has 1 aromatic carbocycles. The summed E-state index contributed by atoms with van der Waals surface area (Å²) in [5.41, 5.74) is 6.92. The summed E-state index contributed by atoms with van der Waals surface area (Å²) >= 11 is 0. The lowest BCUT2D eigenvalue weighted by Crippen LogP contribution is -2.42. The normalized spacial score (nSPS) is 20.9. The highest BCUT2D eigenvalue weighted by molar-refractivity contribution is 5.82. The zero-order valence-electron chi connectivity index (χ0n) is 9.17. The minimum absolute atomic E-state index is 0.0360. The van der Waals surface area contributed by atoms with E-state index < -0.39 is 0 Å². The van der Waals surface area contributed by atoms with Gasteiger partial charge in [-0.2, -0.15) is 0 Å². The molecule has 0 unspecified atom stereocenters. The van der Waals surface area contributed by atoms with E-state index in [1.54, 1.807) is 4.90 Å². The van der Waals surface area contributed by atoms with Crippen molar-refractivity contribution in [2.45, 2.75) is 19.0 Å². The maximum atomic E-state index is 11.9. The molecule has 0 bridgehead atoms. The predicted octanol–water partition coefficient (Wildman–Crippen LogP) is 1.30. The van der Waals surface area contributed by atoms with E-state index in [-0.39, 0.29) is 11.9 Å². The molecule has 84 valence electrons. The molecule has 1 aliphatic heterocycles. The third kappa shape index (κ3) is 2.49. The van der Waals surface area contributed by atoms with Crippen LogP contribution in [0.5, 0.6) is 0 Å². The van der Waals surface area contributed by atoms with Gasteiger partial charge in [-0.05, 0) is 12.0 Å². The van der Waals surface area contributed by atoms with E-state index in [2.05, 4.69) is 0 Å². The first kappa shape index (κ1) is 10.9. The van der Waals surface area contributed by atoms with Crippen LogP contribution in [0.15, 0.2) is 42.5 Å². The summed E-state index contributed by atoms with van der Waals surface area (Å²) in [6, 6.07) is 9.59. The van der Waals surface area contributed by atoms with E-state index in [1.807, 2.05) is 42.5 Å². The standard InChI is InChI=1S/C13H16N2O/c14-12-8-4-5-9-15(13(12)16)10-11-6-2-1-3-7-11/h1-7,12H,8-10,14H2/t12-/m0/s1. The molecule has 0 radical (unpaired) electrons. The number of hydrogen-bond acceptors (Lipinski definition) is 2. The van der Waals surface area contributed by atoms with Gasteiger partial charge in [0.1, 0.15) is 0 Å². The van der Waals surface area contributed by atoms with Crippen LogP contribution in [0.2, 0.25) is 0 Å². The minimum atomic E-state index is -0.387. The summed E-state index contributed by atoms with van der Waals surface area (Å²) in [6.45, 7) is 1.29. The molecule has 1 aliphatic rings. The Hall–Kier alpha value is -1.61. The van der Waals surface area contributed by atoms with Crippen LogP contribution in [0.4, 0.5) is 0 Å². The zero-order valence-corrected chi connectivity index (χ0v) is 9.17. The first-order chi connectivity index (χ1) is 7.77. The molecule has 0 saturated carbocycles. The van der Waals surface area contributed by atoms with Crippen LogP contribution in [0.1, 0.15) is 12.0 Å². The number of nitrogens with two attached hydrogens (primary N) is 1. The molecule has 0 spiro atoms. The van der Waals surface area contributed by atoms with E-state index in [1.165, 1.54) is 0 Å². The van der Waals surface area contributed by atoms with Gasteiger partial charge in [0.25, 0.3) is 0 Å². The van der Waals surface area contributed by atoms with E-state index in [0.717, 1.165) is 5.56 Å². The fraction of sp³-hybridized carbons (Fsp3) is 0.308. The molecule has 1 amide bonds. The lowest BCUT2D eigenvalue weighted by molar-refractivity contribution is -0.132. The van der Waals surface area contributed by atoms with Gasteiger partial charge in [-0.15, -0.1) is 0 Å². The fourth-order valence-corrected chi connectivity index (χ4v) is 1.82. The van der Waals surface area contributed by atoms with Crippen molar-refractivity contribution in [3.63, 3.8) is 0 Å². The van der Waals surface area contributed by atoms with Crippen molar-refractivity contribution in [3.05, 3.63) is 48.0 Å². The lowest BCUT2D eigenvalue weighted by atomic mass is 10.2. The molecular weight excluding hydrogens is 200 g/mol. The average Bonchev–Trinajstić information content (AvgIpc) is 2.46. The van der Waals surface area contributed by atoms with E-state index in [9.17, 15) is 4.79 Å². The predicted molar refractivity (Wildman–Crippen MR) is 63.6 cm³/mol. The summed E-state index contributed by atoms with van der Waals surface area (Å²) in [7, 11) is 0. The molecule has 0 aromatic heterocycles. The average molecular weight is 216 g/mol. The second kappa shape index (κ2) is 4.94. The Kier molecular flexibility index (Phi) is 3.37. The number of hydrogen-bond donors (Lipinski definition) is 1. The molecular formula is C13H16N2O. The van der Waals surface area contributed by atoms with Gasteiger partial charge in [-0.25, -0.2) is 0 Å². The van der Waals surface area contributed by atoms with Crippen molar-refractivity contribution in [1.82, 2.24) is 4.90 Å². The van der Waals surface area contributed by atoms with Gasteiger partial charge >= 0.3 is 0 Å². The van der Waals surface area contributed by atoms with Crippen LogP contribution in [0, 0.1) is 0 Å². The van der Waals surface area contributed by atoms with Gasteiger partial charge in [0.05, 0.1) is 6.04 Å². The number of benzene rings is 1. The van der Waals surface area contributed by atoms with Gasteiger partial charge in [-0.1, -0.05) is 42.5 Å². The molecule has 0 fully saturated rings. The summed E-state index contributed by atoms with van der Waals surface area (Å²) in [5, 5.41) is 0. The molecule has 1 aromatic rings. The molecule has 3 heteroatoms. The Labute approximate surface area is 95.6 Å². The third-order valence-electron chi connectivity index (χ3n) is 2.73. The molecule has 1 heterocycles. The van der Waals surface area contributed by atoms with Crippen LogP contribution < -0.4 is 5.73 Å². The maximum Gasteiger partial charge on any atom is 0.240 e. The monoisotopic (exact) mass is 216 g/mol. The third-order valence-corrected chi connectivity index (χ3v) is 2.73. The van der Waals surface area contributed by atoms with Crippen molar-refractivity contribution >= 4 is 5.91 Å². The lowest BCUT2D eigenvalue weighted by Gasteiger charge is -2.22. The van der Waals surface area contributed by atoms with Gasteiger partial charge in [0.2, 0.25) is 5.91 Å². The molecule has 2 N–H and O–H groups in total. The molecule has 1 atom stereocenters. The second-order valence-electron chi connectivity index (χ2n) is 4.02. The smallest absolute Gasteiger partial charge is 0.240 e. The summed E-state index contributed by atoms with van der Waals surface area (Å²) in [6.07, 6.45) is 4.63. The highest BCUT2D eigenvalue weighted by Crippen LogP contribution is 2.09. The minimum Gasteiger partial charge on any atom is -0.333 e. The second-order valence-corrected chi connectivity index (χ2v) is 4.02. The van der Waals surface area contributed by atoms with Crippen molar-refractivity contribution in [1.29, 1.82) is 0 Å². The Morgan fingerprint density at radius 3 is 2.75 bits per heavy atom. The first-order valence-corrected chi connectivity index (χ1v) is 5.50. The Bertz CT molecular complexity index is 386. The number of carbonyl (C=O) groups excluding carboxylic acids is 1. The SMILES string of the molecule is N[C@H]1CC=CCN(Cc2ccccc2)C1=O. The summed E-state index contributed by atoms with van der Waals surface area (Å²) < 4.78 is 0. The molecule has 0 saturated heterocycles. The van der Waals surface area contributed by atoms with Crippen molar-refractivity contribution in [3.8, 4) is 0 Å². The maximum absolute atomic E-state index is 11.9. The summed E-state index contributed by atoms with van der Waals surface area (Å²) in [5.74, 6) is 0.0360. The fourth-order valence-electron chi connectivity index (χ4n) is 1.82. The highest BCUT2D eigenvalue weighted by Gasteiger charge is 2.21. The Morgan fingerprint density at radius 2 is 2.00 bits per heavy atom. The molecule has 16 heavy (non-hydrogen) atoms. The quantitative estimate of drug-likeness (QED) is 0.757. The number of nitrogens with zero attached hydrogens (tertiary/aromatic N) is 1. The van der Waals surface area contributed by atoms with Crippen LogP contribution in [0.25, 0.3) is 0 Å². The van der Waals surface area contributed by atoms with Crippen LogP contribution in [-0.2, 0) is 11.3 Å². The molecule has 2 rings (SSSR count). The molecule has 0 aliphatic carbocycles. The van der Waals surface area contributed by atoms with Crippen molar-refractivity contribution in [2.75, 3.05) is 6.54 Å². The van der Waals surface area contributed by atoms with Crippen LogP contribution in [-0.4, -0.2) is 23.4 Å². The first-order valence-electron chi connectivity index (χ1n) is 5.50. The van der Waals surface area contributed by atoms with Crippen molar-refractivity contribution < 1.29 is 4.79 Å². The van der Waals surface area contributed by atoms with Crippen molar-refractivity contribution in [2.24, 2.45) is 5.73 Å². The van der Waals surface area contributed by atoms with E-state index >= 15 is 0 Å². The number of amides is 1.